The average molecular weight is 902 g/mol. The van der Waals surface area contributed by atoms with Crippen molar-refractivity contribution in [2.75, 3.05) is 13.2 Å². The van der Waals surface area contributed by atoms with E-state index < -0.39 is 49.5 Å². The fourth-order valence-electron chi connectivity index (χ4n) is 8.06. The lowest BCUT2D eigenvalue weighted by atomic mass is 9.99. The summed E-state index contributed by atoms with van der Waals surface area (Å²) in [6.45, 7) is 3.70. The summed E-state index contributed by atoms with van der Waals surface area (Å²) in [5.74, 6) is -0.190. The minimum absolute atomic E-state index is 0.190. The van der Waals surface area contributed by atoms with E-state index in [1.54, 1.807) is 6.08 Å². The number of aliphatic hydroxyl groups excluding tert-OH is 5. The summed E-state index contributed by atoms with van der Waals surface area (Å²) in [5.41, 5.74) is 0. The van der Waals surface area contributed by atoms with Gasteiger partial charge in [0.05, 0.1) is 25.4 Å². The normalized spacial score (nSPS) is 20.5. The van der Waals surface area contributed by atoms with Crippen LogP contribution in [0, 0.1) is 0 Å². The van der Waals surface area contributed by atoms with Gasteiger partial charge >= 0.3 is 0 Å². The predicted molar refractivity (Wildman–Crippen MR) is 267 cm³/mol. The summed E-state index contributed by atoms with van der Waals surface area (Å²) in [6, 6.07) is -0.821. The number of amides is 1. The number of hydrogen-bond donors (Lipinski definition) is 6. The second-order valence-corrected chi connectivity index (χ2v) is 18.3. The van der Waals surface area contributed by atoms with Crippen molar-refractivity contribution in [3.05, 3.63) is 60.8 Å². The molecule has 1 heterocycles. The van der Waals surface area contributed by atoms with E-state index in [-0.39, 0.29) is 12.5 Å². The molecule has 1 aliphatic heterocycles. The molecular formula is C55H99NO8. The molecule has 372 valence electrons. The van der Waals surface area contributed by atoms with Gasteiger partial charge in [-0.2, -0.15) is 0 Å². The molecule has 0 aromatic carbocycles. The average Bonchev–Trinajstić information content (AvgIpc) is 3.29. The van der Waals surface area contributed by atoms with Gasteiger partial charge in [0, 0.05) is 6.42 Å². The minimum atomic E-state index is -1.57. The molecule has 0 bridgehead atoms. The Morgan fingerprint density at radius 1 is 0.531 bits per heavy atom. The van der Waals surface area contributed by atoms with Crippen molar-refractivity contribution < 1.29 is 39.8 Å². The van der Waals surface area contributed by atoms with Gasteiger partial charge in [-0.1, -0.05) is 209 Å². The van der Waals surface area contributed by atoms with Gasteiger partial charge in [-0.25, -0.2) is 0 Å². The third kappa shape index (κ3) is 34.2. The lowest BCUT2D eigenvalue weighted by molar-refractivity contribution is -0.302. The molecule has 0 radical (unpaired) electrons. The van der Waals surface area contributed by atoms with Crippen LogP contribution in [0.1, 0.15) is 226 Å². The highest BCUT2D eigenvalue weighted by atomic mass is 16.7. The fraction of sp³-hybridized carbons (Fsp3) is 0.800. The molecule has 1 fully saturated rings. The number of rotatable bonds is 44. The standard InChI is InChI=1S/C55H99NO8/c1-3-5-7-9-11-13-15-16-17-18-19-20-21-22-23-24-25-26-27-28-29-30-31-32-33-34-35-37-39-41-43-45-51(59)56-48(47-63-55-54(62)53(61)52(60)50(46-57)64-55)49(58)44-42-40-38-36-14-12-10-8-6-4-2/h14-16,18-19,21-22,36,42,44,48-50,52-55,57-58,60-62H,3-13,17,20,23-35,37-41,43,45-47H2,1-2H3,(H,56,59)/b16-15-,19-18-,22-21-,36-14+,44-42+. The van der Waals surface area contributed by atoms with Gasteiger partial charge in [-0.3, -0.25) is 4.79 Å². The predicted octanol–water partition coefficient (Wildman–Crippen LogP) is 12.3. The molecule has 9 nitrogen and oxygen atoms in total. The highest BCUT2D eigenvalue weighted by molar-refractivity contribution is 5.76. The number of unbranched alkanes of at least 4 members (excludes halogenated alkanes) is 26. The summed E-state index contributed by atoms with van der Waals surface area (Å²) in [7, 11) is 0. The molecular weight excluding hydrogens is 803 g/mol. The van der Waals surface area contributed by atoms with E-state index in [9.17, 15) is 30.3 Å². The molecule has 0 aromatic rings. The zero-order valence-electron chi connectivity index (χ0n) is 41.0. The Morgan fingerprint density at radius 3 is 1.44 bits per heavy atom. The maximum atomic E-state index is 13.0. The lowest BCUT2D eigenvalue weighted by Gasteiger charge is -2.40. The Kier molecular flexibility index (Phi) is 41.9. The zero-order valence-corrected chi connectivity index (χ0v) is 41.0. The van der Waals surface area contributed by atoms with Crippen molar-refractivity contribution in [1.29, 1.82) is 0 Å². The Balaban J connectivity index is 2.14. The third-order valence-corrected chi connectivity index (χ3v) is 12.3. The highest BCUT2D eigenvalue weighted by Crippen LogP contribution is 2.23. The summed E-state index contributed by atoms with van der Waals surface area (Å²) in [4.78, 5) is 13.0. The molecule has 7 unspecified atom stereocenters. The first-order valence-corrected chi connectivity index (χ1v) is 26.5. The first-order chi connectivity index (χ1) is 31.3. The molecule has 7 atom stereocenters. The van der Waals surface area contributed by atoms with Crippen LogP contribution in [0.25, 0.3) is 0 Å². The Bertz CT molecular complexity index is 1180. The fourth-order valence-corrected chi connectivity index (χ4v) is 8.06. The first-order valence-electron chi connectivity index (χ1n) is 26.5. The zero-order chi connectivity index (χ0) is 46.6. The van der Waals surface area contributed by atoms with E-state index in [0.717, 1.165) is 51.4 Å². The number of aliphatic hydroxyl groups is 5. The van der Waals surface area contributed by atoms with Crippen LogP contribution in [-0.2, 0) is 14.3 Å². The molecule has 1 saturated heterocycles. The Labute approximate surface area is 392 Å². The lowest BCUT2D eigenvalue weighted by Crippen LogP contribution is -2.60. The van der Waals surface area contributed by atoms with Crippen molar-refractivity contribution in [3.8, 4) is 0 Å². The molecule has 64 heavy (non-hydrogen) atoms. The van der Waals surface area contributed by atoms with E-state index >= 15 is 0 Å². The quantitative estimate of drug-likeness (QED) is 0.0262. The van der Waals surface area contributed by atoms with Gasteiger partial charge in [0.25, 0.3) is 0 Å². The molecule has 6 N–H and O–H groups in total. The molecule has 0 spiro atoms. The second-order valence-electron chi connectivity index (χ2n) is 18.3. The summed E-state index contributed by atoms with van der Waals surface area (Å²) >= 11 is 0. The van der Waals surface area contributed by atoms with E-state index in [1.165, 1.54) is 154 Å². The summed E-state index contributed by atoms with van der Waals surface area (Å²) in [5, 5.41) is 54.1. The van der Waals surface area contributed by atoms with Crippen LogP contribution in [0.5, 0.6) is 0 Å². The molecule has 0 aliphatic carbocycles. The maximum absolute atomic E-state index is 13.0. The van der Waals surface area contributed by atoms with E-state index in [1.807, 2.05) is 6.08 Å². The molecule has 1 rings (SSSR count). The van der Waals surface area contributed by atoms with Gasteiger partial charge in [-0.05, 0) is 70.6 Å². The summed E-state index contributed by atoms with van der Waals surface area (Å²) in [6.07, 6.45) is 53.0. The molecule has 0 aromatic heterocycles. The largest absolute Gasteiger partial charge is 0.394 e. The van der Waals surface area contributed by atoms with Crippen molar-refractivity contribution >= 4 is 5.91 Å². The van der Waals surface area contributed by atoms with Crippen molar-refractivity contribution in [3.63, 3.8) is 0 Å². The van der Waals surface area contributed by atoms with Crippen molar-refractivity contribution in [1.82, 2.24) is 5.32 Å². The van der Waals surface area contributed by atoms with Gasteiger partial charge in [0.2, 0.25) is 5.91 Å². The van der Waals surface area contributed by atoms with E-state index in [0.29, 0.717) is 6.42 Å². The highest BCUT2D eigenvalue weighted by Gasteiger charge is 2.44. The maximum Gasteiger partial charge on any atom is 0.220 e. The van der Waals surface area contributed by atoms with Gasteiger partial charge in [0.15, 0.2) is 6.29 Å². The topological polar surface area (TPSA) is 149 Å². The van der Waals surface area contributed by atoms with Crippen LogP contribution >= 0.6 is 0 Å². The van der Waals surface area contributed by atoms with Crippen LogP contribution in [0.2, 0.25) is 0 Å². The smallest absolute Gasteiger partial charge is 0.220 e. The molecule has 1 aliphatic rings. The van der Waals surface area contributed by atoms with Gasteiger partial charge < -0.3 is 40.3 Å². The van der Waals surface area contributed by atoms with Crippen LogP contribution in [-0.4, -0.2) is 87.5 Å². The SMILES string of the molecule is CCCCCC/C=C/CC/C=C/C(O)C(COC1OC(CO)C(O)C(O)C1O)NC(=O)CCCCCCCCCCCCCCCCCC/C=C\C/C=C\C/C=C\CCCCCCC. The molecule has 0 saturated carbocycles. The number of nitrogens with one attached hydrogen (secondary N) is 1. The number of carbonyl (C=O) groups excluding carboxylic acids is 1. The van der Waals surface area contributed by atoms with Crippen LogP contribution in [0.15, 0.2) is 60.8 Å². The van der Waals surface area contributed by atoms with Crippen LogP contribution in [0.3, 0.4) is 0 Å². The summed E-state index contributed by atoms with van der Waals surface area (Å²) < 4.78 is 11.2. The second kappa shape index (κ2) is 44.7. The third-order valence-electron chi connectivity index (χ3n) is 12.3. The number of ether oxygens (including phenoxy) is 2. The monoisotopic (exact) mass is 902 g/mol. The van der Waals surface area contributed by atoms with Crippen molar-refractivity contribution in [2.45, 2.75) is 269 Å². The number of allylic oxidation sites excluding steroid dienone is 9. The van der Waals surface area contributed by atoms with Crippen molar-refractivity contribution in [2.24, 2.45) is 0 Å². The van der Waals surface area contributed by atoms with Gasteiger partial charge in [-0.15, -0.1) is 0 Å². The van der Waals surface area contributed by atoms with Crippen LogP contribution < -0.4 is 5.32 Å². The Morgan fingerprint density at radius 2 is 0.938 bits per heavy atom. The van der Waals surface area contributed by atoms with E-state index in [2.05, 4.69) is 67.8 Å². The first kappa shape index (κ1) is 59.9. The number of carbonyl (C=O) groups is 1. The Hall–Kier alpha value is -2.11. The number of hydrogen-bond acceptors (Lipinski definition) is 8. The minimum Gasteiger partial charge on any atom is -0.394 e. The molecule has 1 amide bonds. The van der Waals surface area contributed by atoms with E-state index in [4.69, 9.17) is 9.47 Å². The molecule has 9 heteroatoms. The van der Waals surface area contributed by atoms with Gasteiger partial charge in [0.1, 0.15) is 24.4 Å². The van der Waals surface area contributed by atoms with Crippen LogP contribution in [0.4, 0.5) is 0 Å².